The second-order valence-electron chi connectivity index (χ2n) is 13.4. The van der Waals surface area contributed by atoms with Gasteiger partial charge in [0.25, 0.3) is 0 Å². The topological polar surface area (TPSA) is 59.0 Å². The predicted octanol–water partition coefficient (Wildman–Crippen LogP) is 6.93. The van der Waals surface area contributed by atoms with Gasteiger partial charge in [-0.1, -0.05) is 44.2 Å². The average Bonchev–Trinajstić information content (AvgIpc) is 3.46. The molecule has 1 amide bonds. The Kier molecular flexibility index (Phi) is 6.27. The fourth-order valence-electron chi connectivity index (χ4n) is 10.1. The summed E-state index contributed by atoms with van der Waals surface area (Å²) in [5.41, 5.74) is 3.13. The van der Waals surface area contributed by atoms with Gasteiger partial charge in [0.1, 0.15) is 6.10 Å². The van der Waals surface area contributed by atoms with Crippen LogP contribution in [0.3, 0.4) is 0 Å². The molecule has 9 atom stereocenters. The number of benzene rings is 1. The summed E-state index contributed by atoms with van der Waals surface area (Å²) in [6.45, 7) is 8.34. The van der Waals surface area contributed by atoms with Gasteiger partial charge >= 0.3 is 5.97 Å². The molecule has 5 aliphatic rings. The van der Waals surface area contributed by atoms with E-state index in [1.807, 2.05) is 6.07 Å². The molecule has 0 aromatic heterocycles. The van der Waals surface area contributed by atoms with Gasteiger partial charge in [-0.05, 0) is 97.9 Å². The van der Waals surface area contributed by atoms with Crippen LogP contribution >= 0.6 is 0 Å². The van der Waals surface area contributed by atoms with E-state index in [0.29, 0.717) is 17.3 Å². The molecule has 1 aromatic carbocycles. The zero-order valence-electron chi connectivity index (χ0n) is 23.1. The fraction of sp³-hybridized carbons (Fsp3) is 0.719. The molecule has 5 nitrogen and oxygen atoms in total. The van der Waals surface area contributed by atoms with E-state index in [0.717, 1.165) is 37.0 Å². The monoisotopic (exact) mass is 504 g/mol. The van der Waals surface area contributed by atoms with Gasteiger partial charge < -0.3 is 4.74 Å². The predicted molar refractivity (Wildman–Crippen MR) is 145 cm³/mol. The first-order valence-corrected chi connectivity index (χ1v) is 14.8. The maximum absolute atomic E-state index is 12.6. The van der Waals surface area contributed by atoms with Gasteiger partial charge in [0.05, 0.1) is 6.04 Å². The second-order valence-corrected chi connectivity index (χ2v) is 13.4. The number of fused-ring (bicyclic) bond motifs is 5. The van der Waals surface area contributed by atoms with E-state index < -0.39 is 0 Å². The van der Waals surface area contributed by atoms with E-state index >= 15 is 0 Å². The van der Waals surface area contributed by atoms with Gasteiger partial charge in [0.2, 0.25) is 5.91 Å². The fourth-order valence-corrected chi connectivity index (χ4v) is 10.1. The quantitative estimate of drug-likeness (QED) is 0.420. The van der Waals surface area contributed by atoms with Crippen molar-refractivity contribution in [2.24, 2.45) is 45.5 Å². The van der Waals surface area contributed by atoms with E-state index in [9.17, 15) is 9.59 Å². The number of hydrogen-bond donors (Lipinski definition) is 0. The lowest BCUT2D eigenvalue weighted by atomic mass is 9.44. The largest absolute Gasteiger partial charge is 0.463 e. The molecule has 0 N–H and O–H groups in total. The van der Waals surface area contributed by atoms with Crippen LogP contribution in [-0.4, -0.2) is 28.7 Å². The number of amides is 1. The normalized spacial score (nSPS) is 42.9. The number of carbonyl (C=O) groups is 2. The maximum Gasteiger partial charge on any atom is 0.302 e. The third-order valence-electron chi connectivity index (χ3n) is 11.8. The Morgan fingerprint density at radius 1 is 0.919 bits per heavy atom. The van der Waals surface area contributed by atoms with Crippen molar-refractivity contribution in [3.63, 3.8) is 0 Å². The second kappa shape index (κ2) is 9.24. The summed E-state index contributed by atoms with van der Waals surface area (Å²) in [6.07, 6.45) is 12.0. The van der Waals surface area contributed by atoms with Crippen LogP contribution < -0.4 is 0 Å². The number of ether oxygens (including phenoxy) is 1. The first kappa shape index (κ1) is 25.1. The van der Waals surface area contributed by atoms with E-state index in [-0.39, 0.29) is 29.4 Å². The van der Waals surface area contributed by atoms with Crippen LogP contribution in [0.1, 0.15) is 104 Å². The van der Waals surface area contributed by atoms with E-state index in [2.05, 4.69) is 38.1 Å². The Morgan fingerprint density at radius 3 is 2.38 bits per heavy atom. The number of carbonyl (C=O) groups excluding carboxylic acids is 2. The summed E-state index contributed by atoms with van der Waals surface area (Å²) < 4.78 is 5.66. The molecule has 1 aliphatic heterocycles. The summed E-state index contributed by atoms with van der Waals surface area (Å²) in [4.78, 5) is 24.2. The lowest BCUT2D eigenvalue weighted by molar-refractivity contribution is -0.159. The number of hydrazone groups is 1. The zero-order valence-corrected chi connectivity index (χ0v) is 23.1. The highest BCUT2D eigenvalue weighted by atomic mass is 16.5. The maximum atomic E-state index is 12.6. The Morgan fingerprint density at radius 2 is 1.65 bits per heavy atom. The summed E-state index contributed by atoms with van der Waals surface area (Å²) >= 11 is 0. The number of hydrogen-bond acceptors (Lipinski definition) is 4. The van der Waals surface area contributed by atoms with Gasteiger partial charge in [-0.25, -0.2) is 5.01 Å². The summed E-state index contributed by atoms with van der Waals surface area (Å²) in [5.74, 6) is 3.43. The highest BCUT2D eigenvalue weighted by molar-refractivity contribution is 5.92. The molecular formula is C32H44N2O3. The molecule has 4 fully saturated rings. The third kappa shape index (κ3) is 4.06. The van der Waals surface area contributed by atoms with Crippen molar-refractivity contribution < 1.29 is 14.3 Å². The Bertz CT molecular complexity index is 1080. The molecule has 200 valence electrons. The molecule has 0 radical (unpaired) electrons. The van der Waals surface area contributed by atoms with Gasteiger partial charge in [-0.2, -0.15) is 5.10 Å². The van der Waals surface area contributed by atoms with Crippen molar-refractivity contribution in [3.05, 3.63) is 35.9 Å². The van der Waals surface area contributed by atoms with Gasteiger partial charge in [-0.15, -0.1) is 0 Å². The van der Waals surface area contributed by atoms with Crippen LogP contribution in [0.15, 0.2) is 35.4 Å². The van der Waals surface area contributed by atoms with Crippen LogP contribution in [0.4, 0.5) is 0 Å². The standard InChI is InChI=1S/C32H44N2O3/c1-20(35)34-30(22-8-6-5-7-9-22)19-29(33-34)28-13-12-26-25-11-10-23-18-24(37-21(2)36)14-16-31(23,3)27(25)15-17-32(26,28)4/h5-9,23-28,30H,10-19H2,1-4H3/t23-,24-,25-,26-,27-,28+,30+,31-,32-/m0/s1. The smallest absolute Gasteiger partial charge is 0.302 e. The van der Waals surface area contributed by atoms with E-state index in [1.54, 1.807) is 18.9 Å². The minimum Gasteiger partial charge on any atom is -0.463 e. The molecule has 1 heterocycles. The van der Waals surface area contributed by atoms with Crippen LogP contribution in [0.5, 0.6) is 0 Å². The van der Waals surface area contributed by atoms with Crippen molar-refractivity contribution in [1.82, 2.24) is 5.01 Å². The molecule has 0 spiro atoms. The van der Waals surface area contributed by atoms with Crippen molar-refractivity contribution in [2.45, 2.75) is 104 Å². The lowest BCUT2D eigenvalue weighted by Gasteiger charge is -2.61. The molecule has 6 rings (SSSR count). The highest BCUT2D eigenvalue weighted by Gasteiger charge is 2.61. The zero-order chi connectivity index (χ0) is 25.9. The first-order chi connectivity index (χ1) is 17.7. The van der Waals surface area contributed by atoms with Crippen LogP contribution in [0.2, 0.25) is 0 Å². The highest BCUT2D eigenvalue weighted by Crippen LogP contribution is 2.68. The first-order valence-electron chi connectivity index (χ1n) is 14.8. The van der Waals surface area contributed by atoms with Gasteiger partial charge in [-0.3, -0.25) is 9.59 Å². The molecule has 4 aliphatic carbocycles. The summed E-state index contributed by atoms with van der Waals surface area (Å²) in [7, 11) is 0. The van der Waals surface area contributed by atoms with Gasteiger partial charge in [0, 0.05) is 31.9 Å². The minimum atomic E-state index is -0.125. The molecule has 5 heteroatoms. The van der Waals surface area contributed by atoms with Crippen LogP contribution in [0, 0.1) is 40.4 Å². The van der Waals surface area contributed by atoms with Crippen LogP contribution in [-0.2, 0) is 14.3 Å². The minimum absolute atomic E-state index is 0.0365. The molecule has 37 heavy (non-hydrogen) atoms. The molecule has 1 aromatic rings. The van der Waals surface area contributed by atoms with Crippen molar-refractivity contribution >= 4 is 17.6 Å². The third-order valence-corrected chi connectivity index (χ3v) is 11.8. The molecule has 0 saturated heterocycles. The number of esters is 1. The summed E-state index contributed by atoms with van der Waals surface area (Å²) in [5, 5.41) is 6.80. The molecule has 4 saturated carbocycles. The SMILES string of the molecule is CC(=O)O[C@H]1CC[C@@]2(C)[C@@H](CC[C@@H]3[C@@H]2CC[C@]2(C)[C@@H](C4=NN(C(C)=O)[C@@H](c5ccccc5)C4)CC[C@@H]32)C1. The summed E-state index contributed by atoms with van der Waals surface area (Å²) in [6, 6.07) is 10.5. The molecular weight excluding hydrogens is 460 g/mol. The average molecular weight is 505 g/mol. The van der Waals surface area contributed by atoms with Gasteiger partial charge in [0.15, 0.2) is 0 Å². The molecule has 0 bridgehead atoms. The Balaban J connectivity index is 1.21. The molecule has 0 unspecified atom stereocenters. The Hall–Kier alpha value is -2.17. The lowest BCUT2D eigenvalue weighted by Crippen LogP contribution is -2.54. The number of nitrogens with zero attached hydrogens (tertiary/aromatic N) is 2. The van der Waals surface area contributed by atoms with Crippen LogP contribution in [0.25, 0.3) is 0 Å². The van der Waals surface area contributed by atoms with E-state index in [4.69, 9.17) is 9.84 Å². The Labute approximate surface area is 222 Å². The number of rotatable bonds is 3. The van der Waals surface area contributed by atoms with Crippen molar-refractivity contribution in [2.75, 3.05) is 0 Å². The van der Waals surface area contributed by atoms with E-state index in [1.165, 1.54) is 56.2 Å². The van der Waals surface area contributed by atoms with Crippen molar-refractivity contribution in [3.8, 4) is 0 Å². The van der Waals surface area contributed by atoms with Crippen molar-refractivity contribution in [1.29, 1.82) is 0 Å².